The summed E-state index contributed by atoms with van der Waals surface area (Å²) in [6.07, 6.45) is 1.08. The Bertz CT molecular complexity index is 398. The molecule has 0 radical (unpaired) electrons. The molecule has 1 saturated carbocycles. The van der Waals surface area contributed by atoms with E-state index in [0.717, 1.165) is 10.9 Å². The van der Waals surface area contributed by atoms with Crippen molar-refractivity contribution in [2.45, 2.75) is 32.6 Å². The van der Waals surface area contributed by atoms with Crippen LogP contribution in [0.15, 0.2) is 22.7 Å². The molecular formula is C13H17BrO. The molecule has 1 aliphatic carbocycles. The highest BCUT2D eigenvalue weighted by atomic mass is 79.9. The molecule has 1 unspecified atom stereocenters. The lowest BCUT2D eigenvalue weighted by molar-refractivity contribution is 0.231. The molecule has 82 valence electrons. The van der Waals surface area contributed by atoms with Crippen molar-refractivity contribution in [3.05, 3.63) is 33.8 Å². The second-order valence-electron chi connectivity index (χ2n) is 5.26. The van der Waals surface area contributed by atoms with Gasteiger partial charge in [-0.1, -0.05) is 35.8 Å². The van der Waals surface area contributed by atoms with E-state index in [2.05, 4.69) is 54.9 Å². The number of hydrogen-bond donors (Lipinski definition) is 1. The standard InChI is InChI=1S/C13H17BrO/c1-9-6-10(14)4-5-11(9)13(8-15)7-12(13,2)3/h4-6,15H,7-8H2,1-3H3. The monoisotopic (exact) mass is 268 g/mol. The fraction of sp³-hybridized carbons (Fsp3) is 0.538. The summed E-state index contributed by atoms with van der Waals surface area (Å²) in [6, 6.07) is 6.33. The summed E-state index contributed by atoms with van der Waals surface area (Å²) in [6.45, 7) is 6.82. The zero-order valence-corrected chi connectivity index (χ0v) is 11.1. The molecule has 1 atom stereocenters. The maximum atomic E-state index is 9.63. The third-order valence-electron chi connectivity index (χ3n) is 3.89. The summed E-state index contributed by atoms with van der Waals surface area (Å²) in [7, 11) is 0. The Labute approximate surface area is 99.6 Å². The van der Waals surface area contributed by atoms with E-state index >= 15 is 0 Å². The van der Waals surface area contributed by atoms with E-state index in [1.165, 1.54) is 11.1 Å². The first-order valence-corrected chi connectivity index (χ1v) is 6.10. The van der Waals surface area contributed by atoms with Crippen molar-refractivity contribution >= 4 is 15.9 Å². The van der Waals surface area contributed by atoms with E-state index in [9.17, 15) is 5.11 Å². The summed E-state index contributed by atoms with van der Waals surface area (Å²) in [5, 5.41) is 9.63. The lowest BCUT2D eigenvalue weighted by Gasteiger charge is -2.20. The highest BCUT2D eigenvalue weighted by molar-refractivity contribution is 9.10. The largest absolute Gasteiger partial charge is 0.395 e. The Morgan fingerprint density at radius 2 is 2.00 bits per heavy atom. The van der Waals surface area contributed by atoms with Crippen LogP contribution < -0.4 is 0 Å². The van der Waals surface area contributed by atoms with Crippen molar-refractivity contribution in [2.75, 3.05) is 6.61 Å². The van der Waals surface area contributed by atoms with Gasteiger partial charge in [0.2, 0.25) is 0 Å². The van der Waals surface area contributed by atoms with E-state index in [0.29, 0.717) is 0 Å². The normalized spacial score (nSPS) is 27.8. The Morgan fingerprint density at radius 3 is 2.40 bits per heavy atom. The predicted octanol–water partition coefficient (Wildman–Crippen LogP) is 3.42. The van der Waals surface area contributed by atoms with Gasteiger partial charge in [-0.2, -0.15) is 0 Å². The quantitative estimate of drug-likeness (QED) is 0.872. The van der Waals surface area contributed by atoms with Gasteiger partial charge in [0.15, 0.2) is 0 Å². The first kappa shape index (κ1) is 11.2. The molecule has 0 spiro atoms. The first-order chi connectivity index (χ1) is 6.93. The molecule has 1 N–H and O–H groups in total. The third kappa shape index (κ3) is 1.55. The maximum absolute atomic E-state index is 9.63. The summed E-state index contributed by atoms with van der Waals surface area (Å²) >= 11 is 3.47. The number of halogens is 1. The number of rotatable bonds is 2. The van der Waals surface area contributed by atoms with Gasteiger partial charge < -0.3 is 5.11 Å². The number of benzene rings is 1. The smallest absolute Gasteiger partial charge is 0.0533 e. The average Bonchev–Trinajstić information content (AvgIpc) is 2.69. The van der Waals surface area contributed by atoms with E-state index in [4.69, 9.17) is 0 Å². The Hall–Kier alpha value is -0.340. The zero-order chi connectivity index (χ0) is 11.3. The Morgan fingerprint density at radius 1 is 1.40 bits per heavy atom. The van der Waals surface area contributed by atoms with E-state index in [1.54, 1.807) is 0 Å². The average molecular weight is 269 g/mol. The lowest BCUT2D eigenvalue weighted by atomic mass is 9.86. The van der Waals surface area contributed by atoms with Crippen LogP contribution in [0.5, 0.6) is 0 Å². The summed E-state index contributed by atoms with van der Waals surface area (Å²) in [5.74, 6) is 0. The molecule has 0 saturated heterocycles. The highest BCUT2D eigenvalue weighted by Crippen LogP contribution is 2.64. The van der Waals surface area contributed by atoms with Crippen molar-refractivity contribution in [2.24, 2.45) is 5.41 Å². The van der Waals surface area contributed by atoms with Crippen molar-refractivity contribution in [3.63, 3.8) is 0 Å². The molecule has 0 aromatic heterocycles. The lowest BCUT2D eigenvalue weighted by Crippen LogP contribution is -2.20. The molecule has 2 heteroatoms. The molecular weight excluding hydrogens is 252 g/mol. The predicted molar refractivity (Wildman–Crippen MR) is 66.0 cm³/mol. The van der Waals surface area contributed by atoms with Crippen LogP contribution in [0.1, 0.15) is 31.4 Å². The van der Waals surface area contributed by atoms with Crippen LogP contribution >= 0.6 is 15.9 Å². The molecule has 0 bridgehead atoms. The fourth-order valence-electron chi connectivity index (χ4n) is 2.69. The van der Waals surface area contributed by atoms with Crippen LogP contribution in [0, 0.1) is 12.3 Å². The topological polar surface area (TPSA) is 20.2 Å². The molecule has 0 heterocycles. The maximum Gasteiger partial charge on any atom is 0.0533 e. The van der Waals surface area contributed by atoms with Gasteiger partial charge in [-0.25, -0.2) is 0 Å². The van der Waals surface area contributed by atoms with E-state index in [-0.39, 0.29) is 17.4 Å². The minimum atomic E-state index is -0.00220. The minimum absolute atomic E-state index is 0.00220. The first-order valence-electron chi connectivity index (χ1n) is 5.30. The molecule has 0 aliphatic heterocycles. The fourth-order valence-corrected chi connectivity index (χ4v) is 3.16. The second kappa shape index (κ2) is 3.33. The van der Waals surface area contributed by atoms with Crippen molar-refractivity contribution in [1.82, 2.24) is 0 Å². The van der Waals surface area contributed by atoms with Crippen LogP contribution in [-0.4, -0.2) is 11.7 Å². The number of aryl methyl sites for hydroxylation is 1. The molecule has 0 amide bonds. The van der Waals surface area contributed by atoms with E-state index < -0.39 is 0 Å². The summed E-state index contributed by atoms with van der Waals surface area (Å²) in [4.78, 5) is 0. The second-order valence-corrected chi connectivity index (χ2v) is 6.18. The van der Waals surface area contributed by atoms with Crippen molar-refractivity contribution in [3.8, 4) is 0 Å². The zero-order valence-electron chi connectivity index (χ0n) is 9.47. The van der Waals surface area contributed by atoms with Crippen LogP contribution in [0.3, 0.4) is 0 Å². The number of hydrogen-bond acceptors (Lipinski definition) is 1. The third-order valence-corrected chi connectivity index (χ3v) is 4.38. The molecule has 1 nitrogen and oxygen atoms in total. The van der Waals surface area contributed by atoms with Gasteiger partial charge in [0.1, 0.15) is 0 Å². The Balaban J connectivity index is 2.46. The van der Waals surface area contributed by atoms with Gasteiger partial charge in [0.25, 0.3) is 0 Å². The minimum Gasteiger partial charge on any atom is -0.395 e. The van der Waals surface area contributed by atoms with Gasteiger partial charge >= 0.3 is 0 Å². The Kier molecular flexibility index (Phi) is 2.47. The summed E-state index contributed by atoms with van der Waals surface area (Å²) < 4.78 is 1.11. The highest BCUT2D eigenvalue weighted by Gasteiger charge is 2.61. The molecule has 1 fully saturated rings. The summed E-state index contributed by atoms with van der Waals surface area (Å²) in [5.41, 5.74) is 2.81. The van der Waals surface area contributed by atoms with Gasteiger partial charge in [0, 0.05) is 9.89 Å². The molecule has 1 aromatic rings. The van der Waals surface area contributed by atoms with Crippen LogP contribution in [-0.2, 0) is 5.41 Å². The van der Waals surface area contributed by atoms with Gasteiger partial charge in [0.05, 0.1) is 6.61 Å². The van der Waals surface area contributed by atoms with Crippen molar-refractivity contribution in [1.29, 1.82) is 0 Å². The number of aliphatic hydroxyl groups excluding tert-OH is 1. The van der Waals surface area contributed by atoms with Crippen LogP contribution in [0.2, 0.25) is 0 Å². The van der Waals surface area contributed by atoms with Crippen LogP contribution in [0.25, 0.3) is 0 Å². The molecule has 1 aromatic carbocycles. The van der Waals surface area contributed by atoms with Gasteiger partial charge in [-0.3, -0.25) is 0 Å². The van der Waals surface area contributed by atoms with Gasteiger partial charge in [-0.15, -0.1) is 0 Å². The molecule has 15 heavy (non-hydrogen) atoms. The molecule has 2 rings (SSSR count). The SMILES string of the molecule is Cc1cc(Br)ccc1C1(CO)CC1(C)C. The van der Waals surface area contributed by atoms with E-state index in [1.807, 2.05) is 0 Å². The van der Waals surface area contributed by atoms with Crippen LogP contribution in [0.4, 0.5) is 0 Å². The van der Waals surface area contributed by atoms with Crippen molar-refractivity contribution < 1.29 is 5.11 Å². The number of aliphatic hydroxyl groups is 1. The van der Waals surface area contributed by atoms with Gasteiger partial charge in [-0.05, 0) is 42.0 Å². The molecule has 1 aliphatic rings.